The van der Waals surface area contributed by atoms with Crippen molar-refractivity contribution in [3.05, 3.63) is 190 Å². The van der Waals surface area contributed by atoms with E-state index >= 15 is 0 Å². The minimum absolute atomic E-state index is 0.275. The number of benzene rings is 6. The van der Waals surface area contributed by atoms with Crippen molar-refractivity contribution in [3.8, 4) is 51.6 Å². The van der Waals surface area contributed by atoms with Gasteiger partial charge in [0.1, 0.15) is 40.3 Å². The zero-order valence-electron chi connectivity index (χ0n) is 66.5. The molecule has 10 aromatic rings. The Labute approximate surface area is 646 Å². The number of unbranched alkanes of at least 4 members (excludes halogenated alkanes) is 34. The number of aryl methyl sites for hydroxylation is 2. The average Bonchev–Trinajstić information content (AvgIpc) is 1.53. The van der Waals surface area contributed by atoms with Gasteiger partial charge in [0.05, 0.1) is 79.0 Å². The number of aromatic nitrogens is 6. The molecule has 12 nitrogen and oxygen atoms in total. The number of nitrogens with zero attached hydrogens (tertiary/aromatic N) is 8. The molecule has 0 aliphatic heterocycles. The Hall–Kier alpha value is -9.20. The first-order valence-electron chi connectivity index (χ1n) is 41.7. The molecule has 4 aromatic heterocycles. The molecule has 0 spiro atoms. The lowest BCUT2D eigenvalue weighted by Crippen LogP contribution is -2.53. The number of fused-ring (bicyclic) bond motifs is 3. The molecule has 0 aliphatic carbocycles. The highest BCUT2D eigenvalue weighted by Crippen LogP contribution is 2.38. The fourth-order valence-corrected chi connectivity index (χ4v) is 15.9. The van der Waals surface area contributed by atoms with Gasteiger partial charge in [-0.15, -0.1) is 0 Å². The third kappa shape index (κ3) is 22.5. The Kier molecular flexibility index (Phi) is 33.4. The van der Waals surface area contributed by atoms with E-state index in [1.807, 2.05) is 57.3 Å². The van der Waals surface area contributed by atoms with Crippen LogP contribution in [0, 0.1) is 31.8 Å². The minimum Gasteiger partial charge on any atom is -0.496 e. The van der Waals surface area contributed by atoms with Gasteiger partial charge in [0.25, 0.3) is 0 Å². The summed E-state index contributed by atoms with van der Waals surface area (Å²) in [6, 6.07) is 48.2. The van der Waals surface area contributed by atoms with E-state index in [1.165, 1.54) is 205 Å². The van der Waals surface area contributed by atoms with Gasteiger partial charge >= 0.3 is 6.85 Å². The summed E-state index contributed by atoms with van der Waals surface area (Å²) in [6.45, 7) is 18.9. The van der Waals surface area contributed by atoms with Crippen LogP contribution in [0.3, 0.4) is 0 Å². The van der Waals surface area contributed by atoms with E-state index in [1.54, 1.807) is 26.6 Å². The van der Waals surface area contributed by atoms with Crippen LogP contribution in [0.15, 0.2) is 146 Å². The highest BCUT2D eigenvalue weighted by molar-refractivity contribution is 6.84. The Bertz CT molecular complexity index is 4570. The molecule has 6 aromatic carbocycles. The van der Waals surface area contributed by atoms with E-state index in [0.29, 0.717) is 74.4 Å². The topological polar surface area (TPSA) is 126 Å². The summed E-state index contributed by atoms with van der Waals surface area (Å²) in [5.41, 5.74) is 11.0. The smallest absolute Gasteiger partial charge is 0.327 e. The molecule has 0 atom stereocenters. The Balaban J connectivity index is 1.01. The monoisotopic (exact) mass is 1450 g/mol. The van der Waals surface area contributed by atoms with Gasteiger partial charge in [-0.1, -0.05) is 304 Å². The second kappa shape index (κ2) is 44.3. The van der Waals surface area contributed by atoms with Crippen molar-refractivity contribution in [2.45, 2.75) is 259 Å². The van der Waals surface area contributed by atoms with Crippen molar-refractivity contribution in [1.29, 1.82) is 5.26 Å². The summed E-state index contributed by atoms with van der Waals surface area (Å²) in [5.74, 6) is 2.92. The van der Waals surface area contributed by atoms with E-state index in [0.717, 1.165) is 92.5 Å². The molecule has 0 radical (unpaired) electrons. The van der Waals surface area contributed by atoms with Gasteiger partial charge in [-0.3, -0.25) is 15.0 Å². The van der Waals surface area contributed by atoms with Crippen LogP contribution in [0.5, 0.6) is 23.0 Å². The lowest BCUT2D eigenvalue weighted by Gasteiger charge is -2.22. The second-order valence-electron chi connectivity index (χ2n) is 30.1. The summed E-state index contributed by atoms with van der Waals surface area (Å²) in [6.07, 6.45) is 51.2. The van der Waals surface area contributed by atoms with Crippen LogP contribution in [0.25, 0.3) is 71.5 Å². The predicted molar refractivity (Wildman–Crippen MR) is 452 cm³/mol. The van der Waals surface area contributed by atoms with Crippen LogP contribution in [-0.4, -0.2) is 63.3 Å². The largest absolute Gasteiger partial charge is 0.496 e. The molecular formula is C95H121BN8O4. The first-order chi connectivity index (χ1) is 53.2. The Morgan fingerprint density at radius 1 is 0.435 bits per heavy atom. The van der Waals surface area contributed by atoms with Crippen LogP contribution < -0.4 is 40.6 Å². The van der Waals surface area contributed by atoms with Crippen molar-refractivity contribution in [2.75, 3.05) is 27.4 Å². The molecule has 0 unspecified atom stereocenters. The van der Waals surface area contributed by atoms with Gasteiger partial charge in [0.2, 0.25) is 5.70 Å². The van der Waals surface area contributed by atoms with Crippen LogP contribution in [0.2, 0.25) is 0 Å². The maximum atomic E-state index is 12.1. The molecule has 0 amide bonds. The summed E-state index contributed by atoms with van der Waals surface area (Å²) < 4.78 is 29.3. The van der Waals surface area contributed by atoms with Crippen molar-refractivity contribution in [1.82, 2.24) is 29.0 Å². The number of nitriles is 1. The van der Waals surface area contributed by atoms with Crippen molar-refractivity contribution in [2.24, 2.45) is 7.05 Å². The van der Waals surface area contributed by atoms with Crippen molar-refractivity contribution < 1.29 is 18.9 Å². The van der Waals surface area contributed by atoms with E-state index in [9.17, 15) is 11.8 Å². The Morgan fingerprint density at radius 2 is 0.787 bits per heavy atom. The van der Waals surface area contributed by atoms with Crippen LogP contribution >= 0.6 is 0 Å². The summed E-state index contributed by atoms with van der Waals surface area (Å²) in [4.78, 5) is 25.3. The van der Waals surface area contributed by atoms with E-state index in [4.69, 9.17) is 38.9 Å². The molecule has 0 bridgehead atoms. The van der Waals surface area contributed by atoms with Crippen molar-refractivity contribution in [3.63, 3.8) is 0 Å². The summed E-state index contributed by atoms with van der Waals surface area (Å²) in [7, 11) is 5.34. The molecule has 10 rings (SSSR count). The second-order valence-corrected chi connectivity index (χ2v) is 30.1. The lowest BCUT2D eigenvalue weighted by atomic mass is 9.50. The average molecular weight is 1450 g/mol. The van der Waals surface area contributed by atoms with Crippen LogP contribution in [0.4, 0.5) is 0 Å². The zero-order chi connectivity index (χ0) is 75.5. The normalized spacial score (nSPS) is 12.0. The van der Waals surface area contributed by atoms with Crippen LogP contribution in [0.1, 0.15) is 268 Å². The first kappa shape index (κ1) is 81.3. The number of rotatable bonds is 49. The molecule has 13 heteroatoms. The lowest BCUT2D eigenvalue weighted by molar-refractivity contribution is 0.304. The Morgan fingerprint density at radius 3 is 1.19 bits per heavy atom. The van der Waals surface area contributed by atoms with Gasteiger partial charge < -0.3 is 28.0 Å². The van der Waals surface area contributed by atoms with Gasteiger partial charge in [-0.25, -0.2) is 9.83 Å². The molecule has 4 heterocycles. The summed E-state index contributed by atoms with van der Waals surface area (Å²) in [5, 5.41) is 14.8. The van der Waals surface area contributed by atoms with Gasteiger partial charge in [-0.2, -0.15) is 5.26 Å². The predicted octanol–water partition coefficient (Wildman–Crippen LogP) is 23.1. The SMILES string of the molecule is [C-]#[N+]/C(c1cnc2cc(C)c(OC)cc2n1)=c1\c2c(-c3ccc(OCCCCCCCCCCCCCCCCCCCC)cc3)n(C)/c(=C(/C#N)c3cnc4cc(OC)c(C)cc4n3)c2c(-c2ccc(OCCCCCCCCCCCCCCCCCCCC)cc2)n1B(c1ccccc1)c1ccccc1. The molecule has 0 saturated heterocycles. The number of ether oxygens (including phenoxy) is 4. The maximum absolute atomic E-state index is 12.1. The third-order valence-corrected chi connectivity index (χ3v) is 21.9. The zero-order valence-corrected chi connectivity index (χ0v) is 66.5. The number of methoxy groups -OCH3 is 2. The van der Waals surface area contributed by atoms with Crippen molar-refractivity contribution >= 4 is 61.9 Å². The van der Waals surface area contributed by atoms with E-state index in [2.05, 4.69) is 131 Å². The van der Waals surface area contributed by atoms with Crippen LogP contribution in [-0.2, 0) is 7.05 Å². The standard InChI is InChI=1S/C95H121BN8O4/c1-9-11-13-15-17-19-21-23-25-27-29-31-33-35-37-39-41-49-63-107-78-59-55-74(56-60-78)92-89-90(94(103(92)6)80(69-97)85-70-99-82-67-87(105-7)73(4)66-83(82)101-85)93(75-57-61-79(62-58-75)108-64-50-42-40-38-36-34-32-30-28-26-24-22-20-18-16-14-12-10-2)104(96(76-51-45-43-46-52-76)77-53-47-44-48-54-77)95(89)91(98-5)86-71-100-81-65-72(3)88(106-8)68-84(81)102-86/h43-48,51-62,65-68,70-71H,9-42,49-50,63-64H2,1-4,6-8H3/b94-80-,95-91+. The first-order valence-corrected chi connectivity index (χ1v) is 41.7. The number of hydrogen-bond acceptors (Lipinski definition) is 9. The molecule has 0 aliphatic rings. The highest BCUT2D eigenvalue weighted by atomic mass is 16.5. The third-order valence-electron chi connectivity index (χ3n) is 21.9. The van der Waals surface area contributed by atoms with Gasteiger partial charge in [0, 0.05) is 47.2 Å². The number of hydrogen-bond donors (Lipinski definition) is 0. The van der Waals surface area contributed by atoms with Gasteiger partial charge in [0.15, 0.2) is 0 Å². The maximum Gasteiger partial charge on any atom is 0.327 e. The molecule has 568 valence electrons. The molecule has 0 saturated carbocycles. The molecule has 0 fully saturated rings. The molecular weight excluding hydrogens is 1330 g/mol. The van der Waals surface area contributed by atoms with E-state index in [-0.39, 0.29) is 5.70 Å². The van der Waals surface area contributed by atoms with Gasteiger partial charge in [-0.05, 0) is 110 Å². The highest BCUT2D eigenvalue weighted by Gasteiger charge is 2.34. The fraction of sp³-hybridized carbons (Fsp3) is 0.474. The molecule has 0 N–H and O–H groups in total. The summed E-state index contributed by atoms with van der Waals surface area (Å²) >= 11 is 0. The quantitative estimate of drug-likeness (QED) is 0.0208. The fourth-order valence-electron chi connectivity index (χ4n) is 15.9. The minimum atomic E-state index is -0.539. The molecule has 108 heavy (non-hydrogen) atoms. The van der Waals surface area contributed by atoms with E-state index < -0.39 is 6.85 Å².